The topological polar surface area (TPSA) is 86.8 Å². The number of imide groups is 1. The van der Waals surface area contributed by atoms with Crippen LogP contribution in [0.3, 0.4) is 0 Å². The van der Waals surface area contributed by atoms with Crippen molar-refractivity contribution < 1.29 is 19.2 Å². The van der Waals surface area contributed by atoms with Gasteiger partial charge in [0.25, 0.3) is 0 Å². The summed E-state index contributed by atoms with van der Waals surface area (Å²) in [5.41, 5.74) is 1.85. The second kappa shape index (κ2) is 13.6. The van der Waals surface area contributed by atoms with Gasteiger partial charge in [-0.1, -0.05) is 89.8 Å². The molecule has 2 aromatic rings. The molecule has 0 spiro atoms. The first-order chi connectivity index (χ1) is 19.9. The van der Waals surface area contributed by atoms with Gasteiger partial charge >= 0.3 is 0 Å². The minimum absolute atomic E-state index is 0.0274. The molecule has 1 N–H and O–H groups in total. The normalized spacial score (nSPS) is 21.4. The highest BCUT2D eigenvalue weighted by atomic mass is 79.9. The molecule has 4 amide bonds. The van der Waals surface area contributed by atoms with Gasteiger partial charge in [-0.2, -0.15) is 0 Å². The third-order valence-corrected chi connectivity index (χ3v) is 9.11. The molecule has 216 valence electrons. The minimum Gasteiger partial charge on any atom is -0.352 e. The zero-order valence-electron chi connectivity index (χ0n) is 23.3. The second-order valence-corrected chi connectivity index (χ2v) is 12.4. The molecule has 3 atom stereocenters. The summed E-state index contributed by atoms with van der Waals surface area (Å²) in [4.78, 5) is 56.9. The Bertz CT molecular complexity index is 1260. The van der Waals surface area contributed by atoms with E-state index in [9.17, 15) is 19.2 Å². The molecule has 1 heterocycles. The lowest BCUT2D eigenvalue weighted by Crippen LogP contribution is -2.53. The summed E-state index contributed by atoms with van der Waals surface area (Å²) in [5.74, 6) is -1.44. The number of nitrogens with zero attached hydrogens (tertiary/aromatic N) is 2. The summed E-state index contributed by atoms with van der Waals surface area (Å²) in [7, 11) is 0. The quantitative estimate of drug-likeness (QED) is 0.293. The average molecular weight is 621 g/mol. The fourth-order valence-corrected chi connectivity index (χ4v) is 6.82. The van der Waals surface area contributed by atoms with E-state index in [1.807, 2.05) is 66.7 Å². The van der Waals surface area contributed by atoms with Crippen LogP contribution < -0.4 is 5.32 Å². The van der Waals surface area contributed by atoms with E-state index in [0.29, 0.717) is 19.3 Å². The first kappa shape index (κ1) is 29.2. The number of benzene rings is 2. The maximum Gasteiger partial charge on any atom is 0.243 e. The number of carbonyl (C=O) groups is 4. The second-order valence-electron chi connectivity index (χ2n) is 11.4. The maximum absolute atomic E-state index is 14.0. The highest BCUT2D eigenvalue weighted by molar-refractivity contribution is 9.10. The Morgan fingerprint density at radius 3 is 2.22 bits per heavy atom. The molecular formula is C33H38BrN3O4. The van der Waals surface area contributed by atoms with Crippen molar-refractivity contribution in [3.8, 4) is 0 Å². The Morgan fingerprint density at radius 2 is 1.56 bits per heavy atom. The Morgan fingerprint density at radius 1 is 0.902 bits per heavy atom. The monoisotopic (exact) mass is 619 g/mol. The van der Waals surface area contributed by atoms with Crippen LogP contribution in [0, 0.1) is 11.8 Å². The number of allylic oxidation sites excluding steroid dienone is 2. The van der Waals surface area contributed by atoms with Crippen molar-refractivity contribution in [1.29, 1.82) is 0 Å². The molecular weight excluding hydrogens is 582 g/mol. The molecule has 1 unspecified atom stereocenters. The van der Waals surface area contributed by atoms with Crippen molar-refractivity contribution in [3.63, 3.8) is 0 Å². The lowest BCUT2D eigenvalue weighted by Gasteiger charge is -2.34. The van der Waals surface area contributed by atoms with Gasteiger partial charge in [0.15, 0.2) is 0 Å². The maximum atomic E-state index is 14.0. The van der Waals surface area contributed by atoms with E-state index in [4.69, 9.17) is 0 Å². The van der Waals surface area contributed by atoms with Gasteiger partial charge in [-0.05, 0) is 48.9 Å². The molecule has 0 radical (unpaired) electrons. The molecule has 7 nitrogen and oxygen atoms in total. The van der Waals surface area contributed by atoms with E-state index >= 15 is 0 Å². The van der Waals surface area contributed by atoms with Crippen LogP contribution in [0.25, 0.3) is 0 Å². The van der Waals surface area contributed by atoms with Gasteiger partial charge in [-0.15, -0.1) is 0 Å². The van der Waals surface area contributed by atoms with Gasteiger partial charge in [0.1, 0.15) is 6.04 Å². The van der Waals surface area contributed by atoms with E-state index in [1.54, 1.807) is 4.90 Å². The third kappa shape index (κ3) is 7.15. The van der Waals surface area contributed by atoms with Crippen LogP contribution >= 0.6 is 15.9 Å². The average Bonchev–Trinajstić information content (AvgIpc) is 3.23. The van der Waals surface area contributed by atoms with Crippen LogP contribution in [-0.2, 0) is 32.1 Å². The van der Waals surface area contributed by atoms with Crippen molar-refractivity contribution in [3.05, 3.63) is 82.3 Å². The zero-order valence-corrected chi connectivity index (χ0v) is 24.9. The van der Waals surface area contributed by atoms with Crippen LogP contribution in [-0.4, -0.2) is 52.1 Å². The lowest BCUT2D eigenvalue weighted by atomic mass is 9.85. The summed E-state index contributed by atoms with van der Waals surface area (Å²) >= 11 is 3.52. The number of likely N-dealkylation sites (tertiary alicyclic amines) is 1. The molecule has 3 aliphatic rings. The summed E-state index contributed by atoms with van der Waals surface area (Å²) in [6, 6.07) is 16.8. The number of carbonyl (C=O) groups excluding carboxylic acids is 4. The largest absolute Gasteiger partial charge is 0.352 e. The Hall–Kier alpha value is -3.26. The van der Waals surface area contributed by atoms with Gasteiger partial charge in [-0.25, -0.2) is 0 Å². The van der Waals surface area contributed by atoms with Crippen LogP contribution in [0.4, 0.5) is 0 Å². The van der Waals surface area contributed by atoms with E-state index in [2.05, 4.69) is 21.2 Å². The van der Waals surface area contributed by atoms with E-state index in [1.165, 1.54) is 11.3 Å². The third-order valence-electron chi connectivity index (χ3n) is 8.61. The van der Waals surface area contributed by atoms with Crippen molar-refractivity contribution in [2.45, 2.75) is 76.4 Å². The zero-order chi connectivity index (χ0) is 28.8. The van der Waals surface area contributed by atoms with Crippen LogP contribution in [0.2, 0.25) is 0 Å². The molecule has 5 rings (SSSR count). The molecule has 1 saturated heterocycles. The van der Waals surface area contributed by atoms with Crippen molar-refractivity contribution in [1.82, 2.24) is 15.1 Å². The van der Waals surface area contributed by atoms with E-state index in [-0.39, 0.29) is 61.0 Å². The predicted molar refractivity (Wildman–Crippen MR) is 160 cm³/mol. The fourth-order valence-electron chi connectivity index (χ4n) is 6.37. The summed E-state index contributed by atoms with van der Waals surface area (Å²) in [5, 5.41) is 3.25. The number of fused-ring (bicyclic) bond motifs is 1. The standard InChI is InChI=1S/C33H38BrN3O4/c34-25-13-9-12-24(20-25)22-37(30(38)18-19-36-32(40)27-16-7-8-17-28(27)33(36)41)29(21-23-10-3-1-4-11-23)31(39)35-26-14-5-2-6-15-26/h1,3-4,7-13,20,26-29H,2,5-6,14-19,21-22H2,(H,35,39)/t27-,28+,29?. The molecule has 2 fully saturated rings. The van der Waals surface area contributed by atoms with Gasteiger partial charge in [0, 0.05) is 36.4 Å². The first-order valence-corrected chi connectivity index (χ1v) is 15.6. The Kier molecular flexibility index (Phi) is 9.70. The van der Waals surface area contributed by atoms with Crippen molar-refractivity contribution in [2.24, 2.45) is 11.8 Å². The number of amides is 4. The Balaban J connectivity index is 1.39. The fraction of sp³-hybridized carbons (Fsp3) is 0.455. The number of hydrogen-bond donors (Lipinski definition) is 1. The first-order valence-electron chi connectivity index (χ1n) is 14.8. The van der Waals surface area contributed by atoms with E-state index < -0.39 is 6.04 Å². The SMILES string of the molecule is O=C(NC1CCCCC1)C(Cc1ccccc1)N(Cc1cccc(Br)c1)C(=O)CCN1C(=O)[C@H]2CC=CC[C@H]2C1=O. The molecule has 1 aliphatic heterocycles. The Labute approximate surface area is 250 Å². The van der Waals surface area contributed by atoms with Crippen LogP contribution in [0.1, 0.15) is 62.5 Å². The number of rotatable bonds is 10. The predicted octanol–water partition coefficient (Wildman–Crippen LogP) is 5.18. The van der Waals surface area contributed by atoms with E-state index in [0.717, 1.165) is 41.3 Å². The van der Waals surface area contributed by atoms with Crippen LogP contribution in [0.5, 0.6) is 0 Å². The highest BCUT2D eigenvalue weighted by Gasteiger charge is 2.47. The summed E-state index contributed by atoms with van der Waals surface area (Å²) in [6.45, 7) is 0.270. The minimum atomic E-state index is -0.734. The number of halogens is 1. The molecule has 41 heavy (non-hydrogen) atoms. The van der Waals surface area contributed by atoms with Gasteiger partial charge in [0.05, 0.1) is 11.8 Å². The molecule has 1 saturated carbocycles. The summed E-state index contributed by atoms with van der Waals surface area (Å²) in [6.07, 6.45) is 10.6. The molecule has 0 aromatic heterocycles. The molecule has 2 aliphatic carbocycles. The summed E-state index contributed by atoms with van der Waals surface area (Å²) < 4.78 is 0.887. The molecule has 0 bridgehead atoms. The van der Waals surface area contributed by atoms with Gasteiger partial charge in [0.2, 0.25) is 23.6 Å². The van der Waals surface area contributed by atoms with Crippen molar-refractivity contribution in [2.75, 3.05) is 6.54 Å². The molecule has 2 aromatic carbocycles. The molecule has 8 heteroatoms. The van der Waals surface area contributed by atoms with Crippen LogP contribution in [0.15, 0.2) is 71.2 Å². The lowest BCUT2D eigenvalue weighted by molar-refractivity contribution is -0.144. The number of nitrogens with one attached hydrogen (secondary N) is 1. The smallest absolute Gasteiger partial charge is 0.243 e. The van der Waals surface area contributed by atoms with Crippen molar-refractivity contribution >= 4 is 39.6 Å². The highest BCUT2D eigenvalue weighted by Crippen LogP contribution is 2.35. The van der Waals surface area contributed by atoms with Gasteiger partial charge < -0.3 is 10.2 Å². The van der Waals surface area contributed by atoms with Gasteiger partial charge in [-0.3, -0.25) is 24.1 Å². The number of hydrogen-bond acceptors (Lipinski definition) is 4.